The van der Waals surface area contributed by atoms with Crippen molar-refractivity contribution >= 4 is 20.7 Å². The van der Waals surface area contributed by atoms with E-state index in [4.69, 9.17) is 0 Å². The molecule has 0 aliphatic carbocycles. The van der Waals surface area contributed by atoms with Gasteiger partial charge in [-0.05, 0) is 42.6 Å². The SMILES string of the molecule is O=S1(=O)CCC(CNCc2ccc3ncccc3c2)C1. The van der Waals surface area contributed by atoms with E-state index >= 15 is 0 Å². The monoisotopic (exact) mass is 290 g/mol. The van der Waals surface area contributed by atoms with Crippen LogP contribution in [0.4, 0.5) is 0 Å². The molecule has 1 N–H and O–H groups in total. The van der Waals surface area contributed by atoms with Crippen LogP contribution in [0.1, 0.15) is 12.0 Å². The molecular formula is C15H18N2O2S. The molecule has 0 bridgehead atoms. The number of benzene rings is 1. The lowest BCUT2D eigenvalue weighted by molar-refractivity contribution is 0.521. The maximum absolute atomic E-state index is 11.4. The van der Waals surface area contributed by atoms with Crippen LogP contribution in [0.15, 0.2) is 36.5 Å². The lowest BCUT2D eigenvalue weighted by atomic mass is 10.1. The standard InChI is InChI=1S/C15H18N2O2S/c18-20(19)7-5-13(11-20)10-16-9-12-3-4-15-14(8-12)2-1-6-17-15/h1-4,6,8,13,16H,5,7,9-11H2. The minimum absolute atomic E-state index is 0.266. The second-order valence-corrected chi connectivity index (χ2v) is 7.66. The first kappa shape index (κ1) is 13.5. The van der Waals surface area contributed by atoms with E-state index in [2.05, 4.69) is 28.5 Å². The van der Waals surface area contributed by atoms with E-state index in [0.29, 0.717) is 11.5 Å². The zero-order valence-corrected chi connectivity index (χ0v) is 12.1. The first-order valence-corrected chi connectivity index (χ1v) is 8.69. The topological polar surface area (TPSA) is 59.1 Å². The van der Waals surface area contributed by atoms with E-state index in [1.807, 2.05) is 12.1 Å². The first-order chi connectivity index (χ1) is 9.62. The quantitative estimate of drug-likeness (QED) is 0.932. The molecule has 0 amide bonds. The van der Waals surface area contributed by atoms with E-state index < -0.39 is 9.84 Å². The normalized spacial score (nSPS) is 21.3. The molecule has 20 heavy (non-hydrogen) atoms. The number of nitrogens with zero attached hydrogens (tertiary/aromatic N) is 1. The Kier molecular flexibility index (Phi) is 3.72. The van der Waals surface area contributed by atoms with E-state index in [1.54, 1.807) is 6.20 Å². The van der Waals surface area contributed by atoms with Gasteiger partial charge in [-0.25, -0.2) is 8.42 Å². The maximum atomic E-state index is 11.4. The second kappa shape index (κ2) is 5.50. The summed E-state index contributed by atoms with van der Waals surface area (Å²) >= 11 is 0. The predicted octanol–water partition coefficient (Wildman–Crippen LogP) is 1.76. The van der Waals surface area contributed by atoms with Crippen LogP contribution in [0.2, 0.25) is 0 Å². The molecule has 3 rings (SSSR count). The van der Waals surface area contributed by atoms with Gasteiger partial charge in [-0.1, -0.05) is 12.1 Å². The number of aromatic nitrogens is 1. The number of hydrogen-bond donors (Lipinski definition) is 1. The first-order valence-electron chi connectivity index (χ1n) is 6.87. The summed E-state index contributed by atoms with van der Waals surface area (Å²) in [5.41, 5.74) is 2.20. The zero-order valence-electron chi connectivity index (χ0n) is 11.2. The summed E-state index contributed by atoms with van der Waals surface area (Å²) < 4.78 is 22.8. The third-order valence-corrected chi connectivity index (χ3v) is 5.59. The summed E-state index contributed by atoms with van der Waals surface area (Å²) in [6.45, 7) is 1.53. The fraction of sp³-hybridized carbons (Fsp3) is 0.400. The van der Waals surface area contributed by atoms with Gasteiger partial charge in [0, 0.05) is 18.1 Å². The van der Waals surface area contributed by atoms with Gasteiger partial charge < -0.3 is 5.32 Å². The summed E-state index contributed by atoms with van der Waals surface area (Å²) in [7, 11) is -2.77. The molecule has 0 radical (unpaired) electrons. The number of nitrogens with one attached hydrogen (secondary N) is 1. The number of fused-ring (bicyclic) bond motifs is 1. The van der Waals surface area contributed by atoms with Gasteiger partial charge in [0.2, 0.25) is 0 Å². The van der Waals surface area contributed by atoms with Gasteiger partial charge in [0.25, 0.3) is 0 Å². The number of sulfone groups is 1. The average molecular weight is 290 g/mol. The lowest BCUT2D eigenvalue weighted by Gasteiger charge is -2.10. The third-order valence-electron chi connectivity index (χ3n) is 3.76. The van der Waals surface area contributed by atoms with Crippen LogP contribution in [0.5, 0.6) is 0 Å². The van der Waals surface area contributed by atoms with Gasteiger partial charge >= 0.3 is 0 Å². The van der Waals surface area contributed by atoms with Gasteiger partial charge in [0.15, 0.2) is 9.84 Å². The summed E-state index contributed by atoms with van der Waals surface area (Å²) in [4.78, 5) is 4.29. The van der Waals surface area contributed by atoms with E-state index in [9.17, 15) is 8.42 Å². The highest BCUT2D eigenvalue weighted by Gasteiger charge is 2.27. The number of pyridine rings is 1. The van der Waals surface area contributed by atoms with Crippen LogP contribution in [0, 0.1) is 5.92 Å². The summed E-state index contributed by atoms with van der Waals surface area (Å²) in [6.07, 6.45) is 2.58. The highest BCUT2D eigenvalue weighted by Crippen LogP contribution is 2.18. The highest BCUT2D eigenvalue weighted by atomic mass is 32.2. The molecule has 1 aliphatic rings. The summed E-state index contributed by atoms with van der Waals surface area (Å²) in [5.74, 6) is 0.949. The molecule has 2 heterocycles. The largest absolute Gasteiger partial charge is 0.312 e. The van der Waals surface area contributed by atoms with Crippen LogP contribution in [0.25, 0.3) is 10.9 Å². The van der Waals surface area contributed by atoms with Gasteiger partial charge in [-0.2, -0.15) is 0 Å². The molecule has 1 atom stereocenters. The molecule has 106 valence electrons. The zero-order chi connectivity index (χ0) is 14.0. The Morgan fingerprint density at radius 1 is 1.30 bits per heavy atom. The summed E-state index contributed by atoms with van der Waals surface area (Å²) in [6, 6.07) is 10.2. The molecule has 1 fully saturated rings. The molecule has 0 spiro atoms. The molecule has 2 aromatic rings. The molecule has 1 aromatic carbocycles. The Morgan fingerprint density at radius 3 is 3.00 bits per heavy atom. The fourth-order valence-electron chi connectivity index (χ4n) is 2.69. The molecule has 5 heteroatoms. The lowest BCUT2D eigenvalue weighted by Crippen LogP contribution is -2.23. The Hall–Kier alpha value is -1.46. The molecule has 0 saturated carbocycles. The molecule has 1 unspecified atom stereocenters. The van der Waals surface area contributed by atoms with Crippen molar-refractivity contribution in [1.29, 1.82) is 0 Å². The molecule has 1 saturated heterocycles. The van der Waals surface area contributed by atoms with E-state index in [1.165, 1.54) is 5.56 Å². The smallest absolute Gasteiger partial charge is 0.150 e. The Morgan fingerprint density at radius 2 is 2.20 bits per heavy atom. The number of rotatable bonds is 4. The van der Waals surface area contributed by atoms with Gasteiger partial charge in [0.1, 0.15) is 0 Å². The highest BCUT2D eigenvalue weighted by molar-refractivity contribution is 7.91. The van der Waals surface area contributed by atoms with Gasteiger partial charge in [0.05, 0.1) is 17.0 Å². The van der Waals surface area contributed by atoms with Crippen molar-refractivity contribution in [2.45, 2.75) is 13.0 Å². The fourth-order valence-corrected chi connectivity index (χ4v) is 4.55. The van der Waals surface area contributed by atoms with Crippen molar-refractivity contribution in [3.8, 4) is 0 Å². The molecular weight excluding hydrogens is 272 g/mol. The third kappa shape index (κ3) is 3.16. The van der Waals surface area contributed by atoms with Gasteiger partial charge in [-0.15, -0.1) is 0 Å². The van der Waals surface area contributed by atoms with Crippen molar-refractivity contribution in [2.75, 3.05) is 18.1 Å². The predicted molar refractivity (Wildman–Crippen MR) is 80.2 cm³/mol. The van der Waals surface area contributed by atoms with Gasteiger partial charge in [-0.3, -0.25) is 4.98 Å². The molecule has 1 aromatic heterocycles. The van der Waals surface area contributed by atoms with Crippen molar-refractivity contribution in [1.82, 2.24) is 10.3 Å². The van der Waals surface area contributed by atoms with Crippen molar-refractivity contribution in [3.05, 3.63) is 42.1 Å². The van der Waals surface area contributed by atoms with E-state index in [0.717, 1.165) is 30.4 Å². The average Bonchev–Trinajstić information content (AvgIpc) is 2.78. The van der Waals surface area contributed by atoms with Crippen LogP contribution in [-0.4, -0.2) is 31.5 Å². The van der Waals surface area contributed by atoms with Crippen LogP contribution < -0.4 is 5.32 Å². The number of hydrogen-bond acceptors (Lipinski definition) is 4. The van der Waals surface area contributed by atoms with E-state index in [-0.39, 0.29) is 5.92 Å². The summed E-state index contributed by atoms with van der Waals surface area (Å²) in [5, 5.41) is 4.50. The van der Waals surface area contributed by atoms with Crippen molar-refractivity contribution in [3.63, 3.8) is 0 Å². The van der Waals surface area contributed by atoms with Crippen molar-refractivity contribution in [2.24, 2.45) is 5.92 Å². The Balaban J connectivity index is 1.57. The Labute approximate surface area is 119 Å². The molecule has 4 nitrogen and oxygen atoms in total. The van der Waals surface area contributed by atoms with Crippen LogP contribution >= 0.6 is 0 Å². The Bertz CT molecular complexity index is 713. The molecule has 1 aliphatic heterocycles. The maximum Gasteiger partial charge on any atom is 0.150 e. The van der Waals surface area contributed by atoms with Crippen LogP contribution in [0.3, 0.4) is 0 Å². The van der Waals surface area contributed by atoms with Crippen LogP contribution in [-0.2, 0) is 16.4 Å². The minimum atomic E-state index is -2.77. The minimum Gasteiger partial charge on any atom is -0.312 e. The second-order valence-electron chi connectivity index (χ2n) is 5.43. The van der Waals surface area contributed by atoms with Crippen molar-refractivity contribution < 1.29 is 8.42 Å².